The van der Waals surface area contributed by atoms with Crippen molar-refractivity contribution >= 4 is 47.8 Å². The summed E-state index contributed by atoms with van der Waals surface area (Å²) >= 11 is 9.82. The first-order valence-corrected chi connectivity index (χ1v) is 9.87. The van der Waals surface area contributed by atoms with Crippen LogP contribution in [0.2, 0.25) is 0 Å². The van der Waals surface area contributed by atoms with E-state index >= 15 is 0 Å². The molecule has 0 aliphatic carbocycles. The molecular formula is C18H15Br3N2O. The molecule has 0 aliphatic heterocycles. The van der Waals surface area contributed by atoms with Crippen molar-refractivity contribution in [3.8, 4) is 0 Å². The van der Waals surface area contributed by atoms with Gasteiger partial charge in [0.2, 0.25) is 0 Å². The van der Waals surface area contributed by atoms with Crippen LogP contribution >= 0.6 is 47.8 Å². The van der Waals surface area contributed by atoms with E-state index in [9.17, 15) is 4.79 Å². The van der Waals surface area contributed by atoms with Crippen molar-refractivity contribution in [1.82, 2.24) is 9.78 Å². The number of rotatable bonds is 3. The fourth-order valence-corrected chi connectivity index (χ4v) is 2.82. The molecule has 0 saturated carbocycles. The second kappa shape index (κ2) is 9.91. The fraction of sp³-hybridized carbons (Fsp3) is 0.111. The standard InChI is InChI=1S/C11H8Br2N2O.C7H7Br/c12-9-6-14-15(11(16)10(9)13)7-8-4-2-1-3-5-8;8-6-7-4-2-1-3-5-7/h1-6H,7H2;1-5H,6H2. The molecule has 0 aliphatic rings. The first-order valence-electron chi connectivity index (χ1n) is 7.16. The molecule has 3 nitrogen and oxygen atoms in total. The Hall–Kier alpha value is -1.24. The second-order valence-electron chi connectivity index (χ2n) is 4.87. The average molecular weight is 515 g/mol. The van der Waals surface area contributed by atoms with Crippen LogP contribution in [0.4, 0.5) is 0 Å². The first kappa shape index (κ1) is 19.1. The molecule has 2 aromatic carbocycles. The summed E-state index contributed by atoms with van der Waals surface area (Å²) in [5, 5.41) is 5.01. The zero-order valence-electron chi connectivity index (χ0n) is 12.7. The predicted molar refractivity (Wildman–Crippen MR) is 109 cm³/mol. The van der Waals surface area contributed by atoms with E-state index in [0.717, 1.165) is 10.9 Å². The maximum absolute atomic E-state index is 11.8. The Morgan fingerprint density at radius 1 is 0.875 bits per heavy atom. The van der Waals surface area contributed by atoms with Crippen LogP contribution in [0.25, 0.3) is 0 Å². The van der Waals surface area contributed by atoms with Crippen LogP contribution in [0.1, 0.15) is 11.1 Å². The number of benzene rings is 2. The van der Waals surface area contributed by atoms with Crippen LogP contribution in [0.5, 0.6) is 0 Å². The Morgan fingerprint density at radius 2 is 1.42 bits per heavy atom. The quantitative estimate of drug-likeness (QED) is 0.439. The van der Waals surface area contributed by atoms with E-state index in [1.165, 1.54) is 10.2 Å². The molecule has 0 bridgehead atoms. The van der Waals surface area contributed by atoms with E-state index in [1.807, 2.05) is 48.5 Å². The summed E-state index contributed by atoms with van der Waals surface area (Å²) in [4.78, 5) is 11.8. The van der Waals surface area contributed by atoms with E-state index in [0.29, 0.717) is 15.5 Å². The van der Waals surface area contributed by atoms with Gasteiger partial charge in [-0.3, -0.25) is 4.79 Å². The Balaban J connectivity index is 0.000000219. The highest BCUT2D eigenvalue weighted by molar-refractivity contribution is 9.13. The third-order valence-electron chi connectivity index (χ3n) is 3.11. The Kier molecular flexibility index (Phi) is 7.88. The largest absolute Gasteiger partial charge is 0.282 e. The molecule has 0 N–H and O–H groups in total. The van der Waals surface area contributed by atoms with E-state index < -0.39 is 0 Å². The number of hydrogen-bond acceptors (Lipinski definition) is 2. The summed E-state index contributed by atoms with van der Waals surface area (Å²) in [5.74, 6) is 0. The molecule has 24 heavy (non-hydrogen) atoms. The lowest BCUT2D eigenvalue weighted by atomic mass is 10.2. The summed E-state index contributed by atoms with van der Waals surface area (Å²) in [5.41, 5.74) is 2.23. The molecule has 3 aromatic rings. The van der Waals surface area contributed by atoms with Crippen LogP contribution in [0.3, 0.4) is 0 Å². The van der Waals surface area contributed by atoms with Gasteiger partial charge in [-0.25, -0.2) is 4.68 Å². The van der Waals surface area contributed by atoms with Gasteiger partial charge in [-0.1, -0.05) is 76.6 Å². The minimum Gasteiger partial charge on any atom is -0.266 e. The maximum Gasteiger partial charge on any atom is 0.282 e. The molecule has 124 valence electrons. The Labute approximate surface area is 166 Å². The van der Waals surface area contributed by atoms with Crippen LogP contribution in [-0.2, 0) is 11.9 Å². The van der Waals surface area contributed by atoms with Gasteiger partial charge >= 0.3 is 0 Å². The predicted octanol–water partition coefficient (Wildman–Crippen LogP) is 5.40. The molecule has 3 rings (SSSR count). The van der Waals surface area contributed by atoms with Crippen LogP contribution < -0.4 is 5.56 Å². The van der Waals surface area contributed by atoms with Gasteiger partial charge in [0.1, 0.15) is 4.47 Å². The fourth-order valence-electron chi connectivity index (χ4n) is 1.88. The lowest BCUT2D eigenvalue weighted by Gasteiger charge is -2.05. The van der Waals surface area contributed by atoms with Crippen LogP contribution in [0, 0.1) is 0 Å². The number of aromatic nitrogens is 2. The van der Waals surface area contributed by atoms with Crippen LogP contribution in [0.15, 0.2) is 80.6 Å². The molecule has 0 spiro atoms. The maximum atomic E-state index is 11.8. The van der Waals surface area contributed by atoms with Gasteiger partial charge in [0.15, 0.2) is 0 Å². The summed E-state index contributed by atoms with van der Waals surface area (Å²) < 4.78 is 2.59. The lowest BCUT2D eigenvalue weighted by molar-refractivity contribution is 0.633. The van der Waals surface area contributed by atoms with Crippen molar-refractivity contribution in [3.63, 3.8) is 0 Å². The van der Waals surface area contributed by atoms with E-state index in [4.69, 9.17) is 0 Å². The van der Waals surface area contributed by atoms with Gasteiger partial charge in [0, 0.05) is 5.33 Å². The smallest absolute Gasteiger partial charge is 0.266 e. The molecule has 0 amide bonds. The normalized spacial score (nSPS) is 9.96. The van der Waals surface area contributed by atoms with Crippen molar-refractivity contribution < 1.29 is 0 Å². The lowest BCUT2D eigenvalue weighted by Crippen LogP contribution is -2.23. The molecule has 6 heteroatoms. The molecule has 1 aromatic heterocycles. The Morgan fingerprint density at radius 3 is 1.92 bits per heavy atom. The minimum absolute atomic E-state index is 0.141. The van der Waals surface area contributed by atoms with Crippen molar-refractivity contribution in [1.29, 1.82) is 0 Å². The SMILES string of the molecule is BrCc1ccccc1.O=c1c(Br)c(Br)cnn1Cc1ccccc1. The van der Waals surface area contributed by atoms with Crippen molar-refractivity contribution in [3.05, 3.63) is 97.3 Å². The summed E-state index contributed by atoms with van der Waals surface area (Å²) in [6.07, 6.45) is 1.61. The highest BCUT2D eigenvalue weighted by Gasteiger charge is 2.06. The van der Waals surface area contributed by atoms with Gasteiger partial charge in [0.25, 0.3) is 5.56 Å². The van der Waals surface area contributed by atoms with Gasteiger partial charge in [-0.05, 0) is 43.0 Å². The van der Waals surface area contributed by atoms with Gasteiger partial charge in [-0.2, -0.15) is 5.10 Å². The third-order valence-corrected chi connectivity index (χ3v) is 5.66. The molecule has 0 radical (unpaired) electrons. The zero-order chi connectivity index (χ0) is 17.4. The topological polar surface area (TPSA) is 34.9 Å². The average Bonchev–Trinajstić information content (AvgIpc) is 2.64. The highest BCUT2D eigenvalue weighted by Crippen LogP contribution is 2.16. The molecule has 0 saturated heterocycles. The van der Waals surface area contributed by atoms with Crippen molar-refractivity contribution in [2.75, 3.05) is 0 Å². The zero-order valence-corrected chi connectivity index (χ0v) is 17.5. The number of alkyl halides is 1. The van der Waals surface area contributed by atoms with Gasteiger partial charge in [-0.15, -0.1) is 0 Å². The molecule has 0 fully saturated rings. The molecule has 1 heterocycles. The third kappa shape index (κ3) is 5.69. The van der Waals surface area contributed by atoms with Gasteiger partial charge in [0.05, 0.1) is 17.2 Å². The second-order valence-corrected chi connectivity index (χ2v) is 7.08. The summed E-state index contributed by atoms with van der Waals surface area (Å²) in [6, 6.07) is 20.0. The van der Waals surface area contributed by atoms with E-state index in [2.05, 4.69) is 65.0 Å². The van der Waals surface area contributed by atoms with Gasteiger partial charge < -0.3 is 0 Å². The van der Waals surface area contributed by atoms with Crippen molar-refractivity contribution in [2.45, 2.75) is 11.9 Å². The minimum atomic E-state index is -0.141. The van der Waals surface area contributed by atoms with E-state index in [-0.39, 0.29) is 5.56 Å². The number of halogens is 3. The van der Waals surface area contributed by atoms with Crippen molar-refractivity contribution in [2.24, 2.45) is 0 Å². The summed E-state index contributed by atoms with van der Waals surface area (Å²) in [7, 11) is 0. The number of nitrogens with zero attached hydrogens (tertiary/aromatic N) is 2. The molecular weight excluding hydrogens is 500 g/mol. The van der Waals surface area contributed by atoms with Crippen LogP contribution in [-0.4, -0.2) is 9.78 Å². The Bertz CT molecular complexity index is 821. The molecule has 0 unspecified atom stereocenters. The first-order chi connectivity index (χ1) is 11.6. The molecule has 0 atom stereocenters. The van der Waals surface area contributed by atoms with E-state index in [1.54, 1.807) is 6.20 Å². The monoisotopic (exact) mass is 512 g/mol. The highest BCUT2D eigenvalue weighted by atomic mass is 79.9. The summed E-state index contributed by atoms with van der Waals surface area (Å²) in [6.45, 7) is 0.478. The number of hydrogen-bond donors (Lipinski definition) is 0.